The van der Waals surface area contributed by atoms with E-state index in [1.54, 1.807) is 30.2 Å². The van der Waals surface area contributed by atoms with Crippen molar-refractivity contribution < 1.29 is 4.74 Å². The maximum absolute atomic E-state index is 5.53. The van der Waals surface area contributed by atoms with Crippen LogP contribution in [0.1, 0.15) is 6.42 Å². The zero-order valence-electron chi connectivity index (χ0n) is 13.0. The Labute approximate surface area is 136 Å². The van der Waals surface area contributed by atoms with Crippen molar-refractivity contribution in [3.05, 3.63) is 24.3 Å². The Hall–Kier alpha value is -0.803. The number of ether oxygens (including phenoxy) is 1. The van der Waals surface area contributed by atoms with Crippen LogP contribution in [0.5, 0.6) is 0 Å². The van der Waals surface area contributed by atoms with Crippen LogP contribution in [0.3, 0.4) is 0 Å². The van der Waals surface area contributed by atoms with Crippen molar-refractivity contribution in [1.29, 1.82) is 0 Å². The Kier molecular flexibility index (Phi) is 5.88. The van der Waals surface area contributed by atoms with E-state index in [-0.39, 0.29) is 6.10 Å². The quantitative estimate of drug-likeness (QED) is 0.450. The summed E-state index contributed by atoms with van der Waals surface area (Å²) in [5, 5.41) is 0. The molecular formula is C16H21NOS2Si. The highest BCUT2D eigenvalue weighted by molar-refractivity contribution is 8.01. The Morgan fingerprint density at radius 1 is 1.33 bits per heavy atom. The lowest BCUT2D eigenvalue weighted by Gasteiger charge is -2.11. The summed E-state index contributed by atoms with van der Waals surface area (Å²) in [5.74, 6) is 4.20. The number of rotatable bonds is 5. The van der Waals surface area contributed by atoms with E-state index < -0.39 is 8.07 Å². The van der Waals surface area contributed by atoms with E-state index in [0.717, 1.165) is 22.0 Å². The van der Waals surface area contributed by atoms with Crippen LogP contribution < -0.4 is 0 Å². The number of fused-ring (bicyclic) bond motifs is 1. The van der Waals surface area contributed by atoms with E-state index in [1.165, 1.54) is 4.70 Å². The summed E-state index contributed by atoms with van der Waals surface area (Å²) < 4.78 is 7.88. The van der Waals surface area contributed by atoms with Crippen LogP contribution in [0.4, 0.5) is 0 Å². The normalized spacial score (nSPS) is 13.0. The van der Waals surface area contributed by atoms with Gasteiger partial charge in [0.1, 0.15) is 8.07 Å². The predicted molar refractivity (Wildman–Crippen MR) is 96.9 cm³/mol. The summed E-state index contributed by atoms with van der Waals surface area (Å²) in [6, 6.07) is 8.26. The Morgan fingerprint density at radius 3 is 2.76 bits per heavy atom. The topological polar surface area (TPSA) is 22.1 Å². The maximum Gasteiger partial charge on any atom is 0.151 e. The van der Waals surface area contributed by atoms with Crippen LogP contribution >= 0.6 is 23.1 Å². The zero-order valence-corrected chi connectivity index (χ0v) is 15.6. The van der Waals surface area contributed by atoms with E-state index in [9.17, 15) is 0 Å². The molecule has 0 saturated heterocycles. The fourth-order valence-corrected chi connectivity index (χ4v) is 4.50. The molecule has 0 radical (unpaired) electrons. The SMILES string of the molecule is CO[C@H](CC#C[Si](C)(C)C)CSc1nc2ccccc2s1. The molecule has 0 amide bonds. The first kappa shape index (κ1) is 16.6. The first-order chi connectivity index (χ1) is 9.98. The average molecular weight is 336 g/mol. The van der Waals surface area contributed by atoms with Crippen LogP contribution in [0, 0.1) is 11.5 Å². The lowest BCUT2D eigenvalue weighted by Crippen LogP contribution is -2.17. The minimum absolute atomic E-state index is 0.172. The van der Waals surface area contributed by atoms with Gasteiger partial charge in [-0.2, -0.15) is 0 Å². The van der Waals surface area contributed by atoms with Gasteiger partial charge in [0.05, 0.1) is 16.3 Å². The molecule has 5 heteroatoms. The van der Waals surface area contributed by atoms with Gasteiger partial charge in [-0.05, 0) is 12.1 Å². The van der Waals surface area contributed by atoms with Crippen LogP contribution in [0.15, 0.2) is 28.6 Å². The minimum atomic E-state index is -1.28. The summed E-state index contributed by atoms with van der Waals surface area (Å²) in [6.45, 7) is 6.78. The molecule has 0 fully saturated rings. The Morgan fingerprint density at radius 2 is 2.10 bits per heavy atom. The van der Waals surface area contributed by atoms with Gasteiger partial charge in [-0.3, -0.25) is 0 Å². The van der Waals surface area contributed by atoms with Gasteiger partial charge in [-0.15, -0.1) is 22.8 Å². The zero-order chi connectivity index (χ0) is 15.3. The fourth-order valence-electron chi connectivity index (χ4n) is 1.72. The van der Waals surface area contributed by atoms with Crippen LogP contribution in [-0.4, -0.2) is 32.0 Å². The van der Waals surface area contributed by atoms with E-state index in [1.807, 2.05) is 6.07 Å². The molecule has 0 saturated carbocycles. The van der Waals surface area contributed by atoms with E-state index in [2.05, 4.69) is 54.3 Å². The number of benzene rings is 1. The van der Waals surface area contributed by atoms with Gasteiger partial charge in [0, 0.05) is 19.3 Å². The molecule has 2 aromatic rings. The molecule has 0 bridgehead atoms. The second-order valence-corrected chi connectivity index (χ2v) is 12.9. The van der Waals surface area contributed by atoms with E-state index >= 15 is 0 Å². The molecule has 0 unspecified atom stereocenters. The largest absolute Gasteiger partial charge is 0.380 e. The minimum Gasteiger partial charge on any atom is -0.380 e. The summed E-state index contributed by atoms with van der Waals surface area (Å²) >= 11 is 3.51. The van der Waals surface area contributed by atoms with Gasteiger partial charge in [0.2, 0.25) is 0 Å². The number of para-hydroxylation sites is 1. The monoisotopic (exact) mass is 335 g/mol. The van der Waals surface area contributed by atoms with Crippen LogP contribution in [-0.2, 0) is 4.74 Å². The van der Waals surface area contributed by atoms with E-state index in [0.29, 0.717) is 0 Å². The molecule has 1 aromatic heterocycles. The van der Waals surface area contributed by atoms with Gasteiger partial charge in [-0.25, -0.2) is 4.98 Å². The first-order valence-corrected chi connectivity index (χ1v) is 12.3. The Balaban J connectivity index is 1.91. The molecule has 0 aliphatic carbocycles. The molecule has 2 nitrogen and oxygen atoms in total. The van der Waals surface area contributed by atoms with Crippen LogP contribution in [0.2, 0.25) is 19.6 Å². The maximum atomic E-state index is 5.53. The third-order valence-corrected chi connectivity index (χ3v) is 6.03. The molecule has 0 N–H and O–H groups in total. The molecule has 2 rings (SSSR count). The lowest BCUT2D eigenvalue weighted by atomic mass is 10.3. The average Bonchev–Trinajstić information content (AvgIpc) is 2.84. The fraction of sp³-hybridized carbons (Fsp3) is 0.438. The third kappa shape index (κ3) is 5.48. The van der Waals surface area contributed by atoms with Crippen molar-refractivity contribution in [2.75, 3.05) is 12.9 Å². The Bertz CT molecular complexity index is 618. The lowest BCUT2D eigenvalue weighted by molar-refractivity contribution is 0.126. The summed E-state index contributed by atoms with van der Waals surface area (Å²) in [4.78, 5) is 4.64. The van der Waals surface area contributed by atoms with Crippen molar-refractivity contribution in [1.82, 2.24) is 4.98 Å². The second kappa shape index (κ2) is 7.46. The molecule has 0 aliphatic heterocycles. The highest BCUT2D eigenvalue weighted by atomic mass is 32.2. The van der Waals surface area contributed by atoms with Gasteiger partial charge in [0.25, 0.3) is 0 Å². The van der Waals surface area contributed by atoms with E-state index in [4.69, 9.17) is 4.74 Å². The van der Waals surface area contributed by atoms with Gasteiger partial charge < -0.3 is 4.74 Å². The molecule has 112 valence electrons. The van der Waals surface area contributed by atoms with Crippen molar-refractivity contribution in [3.8, 4) is 11.5 Å². The van der Waals surface area contributed by atoms with Crippen molar-refractivity contribution in [2.45, 2.75) is 36.5 Å². The number of thiazole rings is 1. The summed E-state index contributed by atoms with van der Waals surface area (Å²) in [6.07, 6.45) is 0.976. The van der Waals surface area contributed by atoms with Crippen molar-refractivity contribution in [2.24, 2.45) is 0 Å². The molecule has 21 heavy (non-hydrogen) atoms. The number of nitrogens with zero attached hydrogens (tertiary/aromatic N) is 1. The first-order valence-electron chi connectivity index (χ1n) is 6.99. The smallest absolute Gasteiger partial charge is 0.151 e. The van der Waals surface area contributed by atoms with Crippen LogP contribution in [0.25, 0.3) is 10.2 Å². The molecular weight excluding hydrogens is 314 g/mol. The molecule has 1 aromatic carbocycles. The molecule has 1 heterocycles. The van der Waals surface area contributed by atoms with Gasteiger partial charge >= 0.3 is 0 Å². The molecule has 1 atom stereocenters. The standard InChI is InChI=1S/C16H21NOS2Si/c1-18-13(8-7-11-21(2,3)4)12-19-16-17-14-9-5-6-10-15(14)20-16/h5-6,9-10,13H,8,12H2,1-4H3/t13-/m1/s1. The molecule has 0 aliphatic rings. The van der Waals surface area contributed by atoms with Crippen molar-refractivity contribution >= 4 is 41.4 Å². The second-order valence-electron chi connectivity index (χ2n) is 5.87. The summed E-state index contributed by atoms with van der Waals surface area (Å²) in [5.41, 5.74) is 4.47. The van der Waals surface area contributed by atoms with Crippen molar-refractivity contribution in [3.63, 3.8) is 0 Å². The number of aromatic nitrogens is 1. The predicted octanol–water partition coefficient (Wildman–Crippen LogP) is 4.67. The molecule has 0 spiro atoms. The summed E-state index contributed by atoms with van der Waals surface area (Å²) in [7, 11) is 0.484. The number of methoxy groups -OCH3 is 1. The number of hydrogen-bond acceptors (Lipinski definition) is 4. The van der Waals surface area contributed by atoms with Gasteiger partial charge in [-0.1, -0.05) is 43.5 Å². The highest BCUT2D eigenvalue weighted by Crippen LogP contribution is 2.30. The highest BCUT2D eigenvalue weighted by Gasteiger charge is 2.11. The number of hydrogen-bond donors (Lipinski definition) is 0. The van der Waals surface area contributed by atoms with Gasteiger partial charge in [0.15, 0.2) is 4.34 Å². The number of thioether (sulfide) groups is 1. The third-order valence-electron chi connectivity index (χ3n) is 2.79.